The second-order valence-electron chi connectivity index (χ2n) is 9.31. The molecule has 0 aliphatic heterocycles. The molecule has 3 aliphatic carbocycles. The van der Waals surface area contributed by atoms with Gasteiger partial charge >= 0.3 is 6.03 Å². The number of nitrogens with one attached hydrogen (secondary N) is 2. The number of amides is 2. The van der Waals surface area contributed by atoms with E-state index < -0.39 is 0 Å². The van der Waals surface area contributed by atoms with Gasteiger partial charge in [0.05, 0.1) is 0 Å². The van der Waals surface area contributed by atoms with E-state index in [0.717, 1.165) is 24.2 Å². The molecule has 1 heterocycles. The predicted octanol–water partition coefficient (Wildman–Crippen LogP) is 3.55. The molecule has 0 saturated heterocycles. The summed E-state index contributed by atoms with van der Waals surface area (Å²) in [7, 11) is 0. The van der Waals surface area contributed by atoms with Gasteiger partial charge in [0.15, 0.2) is 5.82 Å². The molecule has 2 N–H and O–H groups in total. The first-order valence-electron chi connectivity index (χ1n) is 9.74. The molecule has 0 unspecified atom stereocenters. The van der Waals surface area contributed by atoms with Gasteiger partial charge in [-0.25, -0.2) is 4.79 Å². The Labute approximate surface area is 149 Å². The van der Waals surface area contributed by atoms with E-state index in [1.165, 1.54) is 25.7 Å². The summed E-state index contributed by atoms with van der Waals surface area (Å²) in [6.07, 6.45) is 6.62. The molecule has 1 aromatic heterocycles. The Kier molecular flexibility index (Phi) is 4.04. The maximum absolute atomic E-state index is 12.4. The van der Waals surface area contributed by atoms with Gasteiger partial charge in [0, 0.05) is 11.5 Å². The molecule has 0 radical (unpaired) electrons. The third kappa shape index (κ3) is 3.04. The van der Waals surface area contributed by atoms with E-state index in [1.807, 2.05) is 27.7 Å². The summed E-state index contributed by atoms with van der Waals surface area (Å²) in [5.74, 6) is 4.45. The van der Waals surface area contributed by atoms with Crippen LogP contribution in [0.4, 0.5) is 4.79 Å². The van der Waals surface area contributed by atoms with Crippen molar-refractivity contribution in [2.24, 2.45) is 23.7 Å². The van der Waals surface area contributed by atoms with E-state index in [4.69, 9.17) is 4.52 Å². The normalized spacial score (nSPS) is 34.8. The zero-order chi connectivity index (χ0) is 17.8. The van der Waals surface area contributed by atoms with Crippen LogP contribution in [0.3, 0.4) is 0 Å². The van der Waals surface area contributed by atoms with E-state index in [1.54, 1.807) is 0 Å². The minimum Gasteiger partial charge on any atom is -0.337 e. The van der Waals surface area contributed by atoms with Crippen molar-refractivity contribution in [3.63, 3.8) is 0 Å². The molecule has 0 spiro atoms. The van der Waals surface area contributed by atoms with Crippen LogP contribution in [0.15, 0.2) is 4.52 Å². The van der Waals surface area contributed by atoms with Crippen molar-refractivity contribution < 1.29 is 9.32 Å². The maximum atomic E-state index is 12.4. The Morgan fingerprint density at radius 3 is 2.68 bits per heavy atom. The standard InChI is InChI=1S/C19H30N4O2/c1-10(16-22-17(23-25-16)19(2,3)4)20-18(24)21-15-9-11-8-14(15)13-7-5-6-12(11)13/h10-15H,5-9H2,1-4H3,(H2,20,21,24)/t10-,11+,12+,13-,14-,15+/m0/s1. The van der Waals surface area contributed by atoms with Gasteiger partial charge in [-0.3, -0.25) is 0 Å². The Hall–Kier alpha value is -1.59. The number of hydrogen-bond donors (Lipinski definition) is 2. The van der Waals surface area contributed by atoms with Gasteiger partial charge in [-0.2, -0.15) is 4.98 Å². The van der Waals surface area contributed by atoms with Crippen molar-refractivity contribution in [2.45, 2.75) is 77.3 Å². The molecule has 2 amide bonds. The summed E-state index contributed by atoms with van der Waals surface area (Å²) in [6.45, 7) is 8.00. The smallest absolute Gasteiger partial charge is 0.315 e. The summed E-state index contributed by atoms with van der Waals surface area (Å²) >= 11 is 0. The van der Waals surface area contributed by atoms with Gasteiger partial charge in [-0.1, -0.05) is 32.3 Å². The average molecular weight is 346 g/mol. The second-order valence-corrected chi connectivity index (χ2v) is 9.31. The zero-order valence-corrected chi connectivity index (χ0v) is 15.7. The Morgan fingerprint density at radius 2 is 1.96 bits per heavy atom. The average Bonchev–Trinajstić information content (AvgIpc) is 3.27. The monoisotopic (exact) mass is 346 g/mol. The van der Waals surface area contributed by atoms with Crippen LogP contribution in [-0.2, 0) is 5.41 Å². The fraction of sp³-hybridized carbons (Fsp3) is 0.842. The Bertz CT molecular complexity index is 650. The van der Waals surface area contributed by atoms with Crippen molar-refractivity contribution in [2.75, 3.05) is 0 Å². The molecule has 3 fully saturated rings. The number of carbonyl (C=O) groups excluding carboxylic acids is 1. The summed E-state index contributed by atoms with van der Waals surface area (Å²) in [6, 6.07) is -0.0686. The Morgan fingerprint density at radius 1 is 1.20 bits per heavy atom. The molecule has 4 rings (SSSR count). The van der Waals surface area contributed by atoms with Crippen LogP contribution in [0, 0.1) is 23.7 Å². The minimum absolute atomic E-state index is 0.116. The first-order valence-corrected chi connectivity index (χ1v) is 9.74. The number of urea groups is 1. The van der Waals surface area contributed by atoms with Crippen molar-refractivity contribution in [1.82, 2.24) is 20.8 Å². The molecule has 1 aromatic rings. The molecule has 6 nitrogen and oxygen atoms in total. The highest BCUT2D eigenvalue weighted by Crippen LogP contribution is 2.58. The van der Waals surface area contributed by atoms with E-state index in [0.29, 0.717) is 23.7 Å². The number of fused-ring (bicyclic) bond motifs is 5. The van der Waals surface area contributed by atoms with E-state index in [9.17, 15) is 4.79 Å². The highest BCUT2D eigenvalue weighted by molar-refractivity contribution is 5.74. The highest BCUT2D eigenvalue weighted by atomic mass is 16.5. The minimum atomic E-state index is -0.290. The lowest BCUT2D eigenvalue weighted by atomic mass is 9.79. The van der Waals surface area contributed by atoms with Crippen molar-refractivity contribution in [3.05, 3.63) is 11.7 Å². The molecule has 0 aromatic carbocycles. The van der Waals surface area contributed by atoms with Gasteiger partial charge in [-0.05, 0) is 56.3 Å². The van der Waals surface area contributed by atoms with Gasteiger partial charge in [0.25, 0.3) is 0 Å². The maximum Gasteiger partial charge on any atom is 0.315 e. The van der Waals surface area contributed by atoms with Gasteiger partial charge in [0.1, 0.15) is 6.04 Å². The topological polar surface area (TPSA) is 80.0 Å². The van der Waals surface area contributed by atoms with Crippen LogP contribution in [0.5, 0.6) is 0 Å². The molecule has 138 valence electrons. The molecule has 2 bridgehead atoms. The first-order chi connectivity index (χ1) is 11.8. The lowest BCUT2D eigenvalue weighted by Gasteiger charge is -2.32. The lowest BCUT2D eigenvalue weighted by molar-refractivity contribution is 0.195. The molecule has 3 aliphatic rings. The molecule has 6 heteroatoms. The van der Waals surface area contributed by atoms with Gasteiger partial charge < -0.3 is 15.2 Å². The molecule has 6 atom stereocenters. The lowest BCUT2D eigenvalue weighted by Crippen LogP contribution is -2.47. The largest absolute Gasteiger partial charge is 0.337 e. The SMILES string of the molecule is C[C@H](NC(=O)N[C@@H]1C[C@H]2C[C@H]1[C@H]1CCC[C@H]21)c1nc(C(C)(C)C)no1. The first kappa shape index (κ1) is 16.9. The summed E-state index contributed by atoms with van der Waals surface area (Å²) in [5.41, 5.74) is -0.162. The quantitative estimate of drug-likeness (QED) is 0.877. The van der Waals surface area contributed by atoms with E-state index in [2.05, 4.69) is 20.8 Å². The van der Waals surface area contributed by atoms with Crippen molar-refractivity contribution in [3.8, 4) is 0 Å². The molecular formula is C19H30N4O2. The van der Waals surface area contributed by atoms with Crippen LogP contribution in [0.2, 0.25) is 0 Å². The van der Waals surface area contributed by atoms with Crippen LogP contribution in [0.25, 0.3) is 0 Å². The predicted molar refractivity (Wildman–Crippen MR) is 93.9 cm³/mol. The van der Waals surface area contributed by atoms with Crippen molar-refractivity contribution >= 4 is 6.03 Å². The number of aromatic nitrogens is 2. The summed E-state index contributed by atoms with van der Waals surface area (Å²) in [5, 5.41) is 10.2. The molecule has 3 saturated carbocycles. The van der Waals surface area contributed by atoms with E-state index in [-0.39, 0.29) is 17.5 Å². The van der Waals surface area contributed by atoms with Crippen LogP contribution < -0.4 is 10.6 Å². The highest BCUT2D eigenvalue weighted by Gasteiger charge is 2.54. The molecule has 25 heavy (non-hydrogen) atoms. The Balaban J connectivity index is 1.33. The van der Waals surface area contributed by atoms with Crippen molar-refractivity contribution in [1.29, 1.82) is 0 Å². The third-order valence-electron chi connectivity index (χ3n) is 6.58. The summed E-state index contributed by atoms with van der Waals surface area (Å²) in [4.78, 5) is 16.9. The fourth-order valence-electron chi connectivity index (χ4n) is 5.42. The third-order valence-corrected chi connectivity index (χ3v) is 6.58. The van der Waals surface area contributed by atoms with Crippen LogP contribution >= 0.6 is 0 Å². The number of carbonyl (C=O) groups is 1. The summed E-state index contributed by atoms with van der Waals surface area (Å²) < 4.78 is 5.33. The number of hydrogen-bond acceptors (Lipinski definition) is 4. The fourth-order valence-corrected chi connectivity index (χ4v) is 5.42. The zero-order valence-electron chi connectivity index (χ0n) is 15.7. The number of rotatable bonds is 3. The van der Waals surface area contributed by atoms with E-state index >= 15 is 0 Å². The molecular weight excluding hydrogens is 316 g/mol. The van der Waals surface area contributed by atoms with Gasteiger partial charge in [0.2, 0.25) is 5.89 Å². The second kappa shape index (κ2) is 5.99. The van der Waals surface area contributed by atoms with Gasteiger partial charge in [-0.15, -0.1) is 0 Å². The number of nitrogens with zero attached hydrogens (tertiary/aromatic N) is 2. The van der Waals surface area contributed by atoms with Crippen LogP contribution in [0.1, 0.15) is 77.6 Å². The van der Waals surface area contributed by atoms with Crippen LogP contribution in [-0.4, -0.2) is 22.2 Å².